The average Bonchev–Trinajstić information content (AvgIpc) is 2.36. The predicted octanol–water partition coefficient (Wildman–Crippen LogP) is 1.75. The monoisotopic (exact) mass is 131 g/mol. The van der Waals surface area contributed by atoms with Gasteiger partial charge in [0.05, 0.1) is 17.4 Å². The molecule has 0 atom stereocenters. The summed E-state index contributed by atoms with van der Waals surface area (Å²) in [5.41, 5.74) is 3.00. The number of benzene rings is 1. The molecule has 0 saturated carbocycles. The minimum absolute atomic E-state index is 0.979. The normalized spacial score (nSPS) is 10.5. The van der Waals surface area contributed by atoms with Crippen molar-refractivity contribution in [3.05, 3.63) is 37.0 Å². The molecule has 0 spiro atoms. The van der Waals surface area contributed by atoms with Gasteiger partial charge in [-0.25, -0.2) is 4.98 Å². The van der Waals surface area contributed by atoms with Gasteiger partial charge >= 0.3 is 0 Å². The second-order valence-corrected chi connectivity index (χ2v) is 2.21. The first kappa shape index (κ1) is 5.47. The molecule has 1 aromatic carbocycles. The molecule has 2 aromatic rings. The van der Waals surface area contributed by atoms with Gasteiger partial charge in [0.1, 0.15) is 0 Å². The fourth-order valence-electron chi connectivity index (χ4n) is 1.03. The van der Waals surface area contributed by atoms with Gasteiger partial charge in [0.2, 0.25) is 0 Å². The van der Waals surface area contributed by atoms with Gasteiger partial charge in [-0.1, -0.05) is 12.1 Å². The summed E-state index contributed by atoms with van der Waals surface area (Å²) in [7, 11) is 0. The van der Waals surface area contributed by atoms with Crippen LogP contribution in [-0.4, -0.2) is 9.97 Å². The molecule has 0 saturated heterocycles. The van der Waals surface area contributed by atoms with Crippen molar-refractivity contribution in [2.45, 2.75) is 0 Å². The highest BCUT2D eigenvalue weighted by atomic mass is 14.9. The third-order valence-corrected chi connectivity index (χ3v) is 1.54. The van der Waals surface area contributed by atoms with E-state index in [1.54, 1.807) is 6.33 Å². The molecule has 0 bridgehead atoms. The Kier molecular flexibility index (Phi) is 1.01. The van der Waals surface area contributed by atoms with Crippen LogP contribution in [0, 0.1) is 6.92 Å². The van der Waals surface area contributed by atoms with Gasteiger partial charge in [0.15, 0.2) is 0 Å². The fourth-order valence-corrected chi connectivity index (χ4v) is 1.03. The van der Waals surface area contributed by atoms with Crippen LogP contribution in [0.25, 0.3) is 11.0 Å². The van der Waals surface area contributed by atoms with Crippen LogP contribution in [0.4, 0.5) is 0 Å². The largest absolute Gasteiger partial charge is 0.344 e. The van der Waals surface area contributed by atoms with E-state index in [4.69, 9.17) is 0 Å². The molecule has 2 heteroatoms. The third kappa shape index (κ3) is 0.620. The number of hydrogen-bond donors (Lipinski definition) is 1. The Morgan fingerprint density at radius 1 is 1.40 bits per heavy atom. The van der Waals surface area contributed by atoms with Crippen molar-refractivity contribution < 1.29 is 0 Å². The second-order valence-electron chi connectivity index (χ2n) is 2.21. The second kappa shape index (κ2) is 1.84. The van der Waals surface area contributed by atoms with E-state index >= 15 is 0 Å². The summed E-state index contributed by atoms with van der Waals surface area (Å²) in [5, 5.41) is 0. The van der Waals surface area contributed by atoms with E-state index in [-0.39, 0.29) is 0 Å². The Bertz CT molecular complexity index is 349. The molecule has 0 aliphatic rings. The van der Waals surface area contributed by atoms with E-state index < -0.39 is 0 Å². The topological polar surface area (TPSA) is 28.7 Å². The van der Waals surface area contributed by atoms with E-state index in [2.05, 4.69) is 16.9 Å². The molecule has 1 heterocycles. The summed E-state index contributed by atoms with van der Waals surface area (Å²) >= 11 is 0. The van der Waals surface area contributed by atoms with E-state index in [9.17, 15) is 0 Å². The quantitative estimate of drug-likeness (QED) is 0.579. The number of aromatic amines is 1. The van der Waals surface area contributed by atoms with Crippen LogP contribution in [0.1, 0.15) is 5.56 Å². The van der Waals surface area contributed by atoms with Crippen molar-refractivity contribution in [2.24, 2.45) is 0 Å². The van der Waals surface area contributed by atoms with Crippen LogP contribution >= 0.6 is 0 Å². The third-order valence-electron chi connectivity index (χ3n) is 1.54. The van der Waals surface area contributed by atoms with Crippen LogP contribution < -0.4 is 0 Å². The zero-order chi connectivity index (χ0) is 6.97. The summed E-state index contributed by atoms with van der Waals surface area (Å²) in [5.74, 6) is 0. The molecule has 0 aliphatic heterocycles. The van der Waals surface area contributed by atoms with Crippen molar-refractivity contribution in [1.29, 1.82) is 0 Å². The maximum absolute atomic E-state index is 4.08. The van der Waals surface area contributed by atoms with E-state index in [1.807, 2.05) is 18.2 Å². The molecule has 49 valence electrons. The fraction of sp³-hybridized carbons (Fsp3) is 0. The summed E-state index contributed by atoms with van der Waals surface area (Å²) in [6.45, 7) is 3.85. The molecule has 0 amide bonds. The molecule has 1 N–H and O–H groups in total. The number of nitrogens with one attached hydrogen (secondary N) is 1. The number of rotatable bonds is 0. The standard InChI is InChI=1S/C8H7N2/c1-6-3-2-4-7-8(6)10-5-9-7/h2-5H,1H2,(H,9,10). The van der Waals surface area contributed by atoms with Gasteiger partial charge in [-0.05, 0) is 18.6 Å². The van der Waals surface area contributed by atoms with Gasteiger partial charge in [0.25, 0.3) is 0 Å². The zero-order valence-electron chi connectivity index (χ0n) is 5.46. The Morgan fingerprint density at radius 2 is 2.30 bits per heavy atom. The number of nitrogens with zero attached hydrogens (tertiary/aromatic N) is 1. The highest BCUT2D eigenvalue weighted by Crippen LogP contribution is 2.11. The molecule has 2 rings (SSSR count). The Hall–Kier alpha value is -1.31. The van der Waals surface area contributed by atoms with Crippen LogP contribution in [-0.2, 0) is 0 Å². The van der Waals surface area contributed by atoms with Gasteiger partial charge in [-0.3, -0.25) is 0 Å². The highest BCUT2D eigenvalue weighted by molar-refractivity contribution is 5.78. The Labute approximate surface area is 58.9 Å². The van der Waals surface area contributed by atoms with Crippen molar-refractivity contribution in [3.8, 4) is 0 Å². The van der Waals surface area contributed by atoms with Gasteiger partial charge in [-0.2, -0.15) is 0 Å². The minimum atomic E-state index is 0.979. The lowest BCUT2D eigenvalue weighted by molar-refractivity contribution is 1.34. The number of hydrogen-bond acceptors (Lipinski definition) is 1. The van der Waals surface area contributed by atoms with Gasteiger partial charge in [-0.15, -0.1) is 0 Å². The summed E-state index contributed by atoms with van der Waals surface area (Å²) in [6.07, 6.45) is 1.68. The Morgan fingerprint density at radius 3 is 3.10 bits per heavy atom. The molecule has 0 unspecified atom stereocenters. The molecule has 0 fully saturated rings. The Balaban J connectivity index is 2.95. The lowest BCUT2D eigenvalue weighted by Crippen LogP contribution is -1.73. The highest BCUT2D eigenvalue weighted by Gasteiger charge is 1.95. The molecule has 0 aliphatic carbocycles. The first-order chi connectivity index (χ1) is 4.88. The van der Waals surface area contributed by atoms with Crippen molar-refractivity contribution in [1.82, 2.24) is 9.97 Å². The number of imidazole rings is 1. The van der Waals surface area contributed by atoms with Crippen molar-refractivity contribution in [3.63, 3.8) is 0 Å². The number of para-hydroxylation sites is 1. The van der Waals surface area contributed by atoms with Crippen LogP contribution in [0.3, 0.4) is 0 Å². The van der Waals surface area contributed by atoms with Crippen LogP contribution in [0.15, 0.2) is 24.5 Å². The van der Waals surface area contributed by atoms with Crippen LogP contribution in [0.5, 0.6) is 0 Å². The first-order valence-corrected chi connectivity index (χ1v) is 3.12. The molecule has 10 heavy (non-hydrogen) atoms. The number of H-pyrrole nitrogens is 1. The van der Waals surface area contributed by atoms with Crippen LogP contribution in [0.2, 0.25) is 0 Å². The molecular weight excluding hydrogens is 124 g/mol. The maximum atomic E-state index is 4.08. The number of aromatic nitrogens is 2. The van der Waals surface area contributed by atoms with Gasteiger partial charge < -0.3 is 4.98 Å². The minimum Gasteiger partial charge on any atom is -0.344 e. The number of fused-ring (bicyclic) bond motifs is 1. The zero-order valence-corrected chi connectivity index (χ0v) is 5.46. The lowest BCUT2D eigenvalue weighted by atomic mass is 10.2. The molecule has 1 radical (unpaired) electrons. The van der Waals surface area contributed by atoms with Crippen molar-refractivity contribution in [2.75, 3.05) is 0 Å². The SMILES string of the molecule is [CH2]c1cccc2nc[nH]c12. The summed E-state index contributed by atoms with van der Waals surface area (Å²) < 4.78 is 0. The van der Waals surface area contributed by atoms with E-state index in [1.165, 1.54) is 0 Å². The van der Waals surface area contributed by atoms with E-state index in [0.717, 1.165) is 16.6 Å². The smallest absolute Gasteiger partial charge is 0.0931 e. The van der Waals surface area contributed by atoms with Gasteiger partial charge in [0, 0.05) is 0 Å². The van der Waals surface area contributed by atoms with Crippen molar-refractivity contribution >= 4 is 11.0 Å². The molecular formula is C8H7N2. The summed E-state index contributed by atoms with van der Waals surface area (Å²) in [4.78, 5) is 7.10. The maximum Gasteiger partial charge on any atom is 0.0931 e. The molecule has 2 nitrogen and oxygen atoms in total. The first-order valence-electron chi connectivity index (χ1n) is 3.12. The van der Waals surface area contributed by atoms with E-state index in [0.29, 0.717) is 0 Å². The predicted molar refractivity (Wildman–Crippen MR) is 40.6 cm³/mol. The lowest BCUT2D eigenvalue weighted by Gasteiger charge is -1.90. The molecule has 1 aromatic heterocycles. The average molecular weight is 131 g/mol. The summed E-state index contributed by atoms with van der Waals surface area (Å²) in [6, 6.07) is 5.87.